The molecule has 2 saturated carbocycles. The summed E-state index contributed by atoms with van der Waals surface area (Å²) in [5.74, 6) is 0. The van der Waals surface area contributed by atoms with Gasteiger partial charge in [-0.3, -0.25) is 0 Å². The third kappa shape index (κ3) is 7.48. The number of hydrogen-bond donors (Lipinski definition) is 0. The first-order valence-electron chi connectivity index (χ1n) is 13.5. The lowest BCUT2D eigenvalue weighted by Crippen LogP contribution is -2.28. The first-order valence-corrected chi connectivity index (χ1v) is 14.3. The van der Waals surface area contributed by atoms with Crippen molar-refractivity contribution in [3.05, 3.63) is 70.8 Å². The van der Waals surface area contributed by atoms with Crippen molar-refractivity contribution in [3.8, 4) is 6.07 Å². The van der Waals surface area contributed by atoms with Crippen LogP contribution in [0.5, 0.6) is 0 Å². The van der Waals surface area contributed by atoms with Crippen LogP contribution in [-0.2, 0) is 22.6 Å². The highest BCUT2D eigenvalue weighted by atomic mass is 35.5. The van der Waals surface area contributed by atoms with Crippen LogP contribution in [0.25, 0.3) is 0 Å². The third-order valence-corrected chi connectivity index (χ3v) is 9.00. The van der Waals surface area contributed by atoms with E-state index in [1.807, 2.05) is 0 Å². The number of halogens is 2. The Kier molecular flexibility index (Phi) is 11.0. The van der Waals surface area contributed by atoms with Gasteiger partial charge in [0.05, 0.1) is 15.8 Å². The normalized spacial score (nSPS) is 18.2. The highest BCUT2D eigenvalue weighted by Gasteiger charge is 2.40. The fourth-order valence-corrected chi connectivity index (χ4v) is 6.83. The number of benzene rings is 2. The monoisotopic (exact) mass is 512 g/mol. The molecule has 0 saturated heterocycles. The van der Waals surface area contributed by atoms with Crippen LogP contribution >= 0.6 is 23.2 Å². The molecule has 2 aromatic rings. The van der Waals surface area contributed by atoms with E-state index in [1.54, 1.807) is 6.07 Å². The molecular formula is C31H42Cl2N2. The molecule has 2 fully saturated rings. The van der Waals surface area contributed by atoms with Crippen LogP contribution < -0.4 is 0 Å². The zero-order valence-electron chi connectivity index (χ0n) is 21.7. The molecule has 0 radical (unpaired) electrons. The first-order chi connectivity index (χ1) is 17.0. The van der Waals surface area contributed by atoms with Crippen LogP contribution in [0.4, 0.5) is 0 Å². The topological polar surface area (TPSA) is 27.0 Å². The Morgan fingerprint density at radius 1 is 0.800 bits per heavy atom. The minimum atomic E-state index is -0.186. The van der Waals surface area contributed by atoms with Crippen LogP contribution in [0, 0.1) is 11.3 Å². The number of nitrogens with zero attached hydrogens (tertiary/aromatic N) is 2. The zero-order valence-corrected chi connectivity index (χ0v) is 23.2. The van der Waals surface area contributed by atoms with Crippen molar-refractivity contribution in [2.45, 2.75) is 94.2 Å². The molecule has 2 aliphatic rings. The molecule has 190 valence electrons. The summed E-state index contributed by atoms with van der Waals surface area (Å²) < 4.78 is 0. The van der Waals surface area contributed by atoms with E-state index < -0.39 is 0 Å². The van der Waals surface area contributed by atoms with Gasteiger partial charge in [-0.2, -0.15) is 5.26 Å². The van der Waals surface area contributed by atoms with E-state index >= 15 is 0 Å². The molecule has 0 heterocycles. The molecule has 2 nitrogen and oxygen atoms in total. The predicted octanol–water partition coefficient (Wildman–Crippen LogP) is 8.73. The van der Waals surface area contributed by atoms with Gasteiger partial charge in [-0.1, -0.05) is 81.1 Å². The highest BCUT2D eigenvalue weighted by molar-refractivity contribution is 6.25. The Morgan fingerprint density at radius 2 is 1.31 bits per heavy atom. The molecule has 4 heteroatoms. The van der Waals surface area contributed by atoms with Gasteiger partial charge < -0.3 is 4.90 Å². The summed E-state index contributed by atoms with van der Waals surface area (Å²) in [6.07, 6.45) is 12.7. The highest BCUT2D eigenvalue weighted by Crippen LogP contribution is 2.51. The summed E-state index contributed by atoms with van der Waals surface area (Å²) in [7, 11) is 0. The molecule has 0 spiro atoms. The molecule has 0 atom stereocenters. The molecule has 0 aliphatic heterocycles. The summed E-state index contributed by atoms with van der Waals surface area (Å²) in [5.41, 5.74) is 5.66. The van der Waals surface area contributed by atoms with Crippen molar-refractivity contribution < 1.29 is 0 Å². The average Bonchev–Trinajstić information content (AvgIpc) is 3.52. The Bertz CT molecular complexity index is 898. The number of likely N-dealkylation sites (N-methyl/N-ethyl adjacent to an activating group) is 1. The number of nitriles is 1. The number of rotatable bonds is 10. The smallest absolute Gasteiger partial charge is 0.0697 e. The second-order valence-corrected chi connectivity index (χ2v) is 11.6. The first kappa shape index (κ1) is 28.0. The summed E-state index contributed by atoms with van der Waals surface area (Å²) >= 11 is 14.5. The maximum atomic E-state index is 7.32. The van der Waals surface area contributed by atoms with E-state index in [4.69, 9.17) is 28.5 Å². The Labute approximate surface area is 223 Å². The Balaban J connectivity index is 0.00000108. The molecule has 4 rings (SSSR count). The predicted molar refractivity (Wildman–Crippen MR) is 150 cm³/mol. The second-order valence-electron chi connectivity index (χ2n) is 10.2. The lowest BCUT2D eigenvalue weighted by Gasteiger charge is -2.31. The molecule has 0 N–H and O–H groups in total. The molecule has 0 aromatic heterocycles. The minimum absolute atomic E-state index is 0.186. The summed E-state index contributed by atoms with van der Waals surface area (Å²) in [6.45, 7) is 7.05. The van der Waals surface area contributed by atoms with Crippen LogP contribution in [0.1, 0.15) is 93.9 Å². The Hall–Kier alpha value is -1.53. The van der Waals surface area contributed by atoms with Crippen molar-refractivity contribution in [2.75, 3.05) is 19.6 Å². The fourth-order valence-electron chi connectivity index (χ4n) is 5.94. The van der Waals surface area contributed by atoms with Crippen LogP contribution in [0.2, 0.25) is 0 Å². The summed E-state index contributed by atoms with van der Waals surface area (Å²) in [4.78, 5) is 2.22. The van der Waals surface area contributed by atoms with Gasteiger partial charge >= 0.3 is 0 Å². The van der Waals surface area contributed by atoms with Gasteiger partial charge in [0.25, 0.3) is 0 Å². The lowest BCUT2D eigenvalue weighted by atomic mass is 9.82. The summed E-state index contributed by atoms with van der Waals surface area (Å²) in [5, 5.41) is 7.32. The van der Waals surface area contributed by atoms with E-state index in [1.165, 1.54) is 54.9 Å². The van der Waals surface area contributed by atoms with Gasteiger partial charge in [0.2, 0.25) is 0 Å². The lowest BCUT2D eigenvalue weighted by molar-refractivity contribution is 0.288. The van der Waals surface area contributed by atoms with Crippen LogP contribution in [0.15, 0.2) is 48.5 Å². The van der Waals surface area contributed by atoms with E-state index in [0.717, 1.165) is 64.6 Å². The molecule has 0 unspecified atom stereocenters. The van der Waals surface area contributed by atoms with Crippen molar-refractivity contribution in [3.63, 3.8) is 0 Å². The Morgan fingerprint density at radius 3 is 1.80 bits per heavy atom. The van der Waals surface area contributed by atoms with Crippen LogP contribution in [-0.4, -0.2) is 24.5 Å². The maximum absolute atomic E-state index is 7.32. The third-order valence-electron chi connectivity index (χ3n) is 7.84. The quantitative estimate of drug-likeness (QED) is 0.297. The van der Waals surface area contributed by atoms with E-state index in [2.05, 4.69) is 60.4 Å². The van der Waals surface area contributed by atoms with Gasteiger partial charge in [-0.25, -0.2) is 0 Å². The SMILES string of the molecule is CC#N.CCN(CCCc1c(C2(Cl)CCCC2)cccc1C1(Cl)CCCC1)CCc1ccccc1. The van der Waals surface area contributed by atoms with Crippen LogP contribution in [0.3, 0.4) is 0 Å². The average molecular weight is 514 g/mol. The standard InChI is InChI=1S/C29H39Cl2N.C2H3N/c1-2-32(23-17-24-12-4-3-5-13-24)22-11-14-25-26(28(30)18-6-7-19-28)15-10-16-27(25)29(31)20-8-9-21-29;1-2-3/h3-5,10,12-13,15-16H,2,6-9,11,14,17-23H2,1H3;1H3. The van der Waals surface area contributed by atoms with Crippen molar-refractivity contribution in [2.24, 2.45) is 0 Å². The molecule has 0 amide bonds. The number of hydrogen-bond acceptors (Lipinski definition) is 2. The van der Waals surface area contributed by atoms with Gasteiger partial charge in [0, 0.05) is 13.5 Å². The molecule has 35 heavy (non-hydrogen) atoms. The van der Waals surface area contributed by atoms with Crippen molar-refractivity contribution in [1.82, 2.24) is 4.90 Å². The fraction of sp³-hybridized carbons (Fsp3) is 0.581. The van der Waals surface area contributed by atoms with Gasteiger partial charge in [-0.05, 0) is 80.3 Å². The summed E-state index contributed by atoms with van der Waals surface area (Å²) in [6, 6.07) is 19.4. The number of alkyl halides is 2. The van der Waals surface area contributed by atoms with E-state index in [0.29, 0.717) is 0 Å². The molecular weight excluding hydrogens is 471 g/mol. The zero-order chi connectivity index (χ0) is 25.2. The van der Waals surface area contributed by atoms with Crippen molar-refractivity contribution in [1.29, 1.82) is 5.26 Å². The second kappa shape index (κ2) is 13.7. The molecule has 0 bridgehead atoms. The van der Waals surface area contributed by atoms with E-state index in [-0.39, 0.29) is 9.75 Å². The molecule has 2 aromatic carbocycles. The largest absolute Gasteiger partial charge is 0.303 e. The van der Waals surface area contributed by atoms with Gasteiger partial charge in [0.1, 0.15) is 0 Å². The molecule has 2 aliphatic carbocycles. The van der Waals surface area contributed by atoms with Crippen molar-refractivity contribution >= 4 is 23.2 Å². The van der Waals surface area contributed by atoms with Gasteiger partial charge in [-0.15, -0.1) is 23.2 Å². The van der Waals surface area contributed by atoms with Gasteiger partial charge in [0.15, 0.2) is 0 Å². The maximum Gasteiger partial charge on any atom is 0.0697 e. The minimum Gasteiger partial charge on any atom is -0.303 e. The van der Waals surface area contributed by atoms with E-state index in [9.17, 15) is 0 Å².